The lowest BCUT2D eigenvalue weighted by molar-refractivity contribution is 1.44. The van der Waals surface area contributed by atoms with Gasteiger partial charge in [0, 0.05) is 5.02 Å². The van der Waals surface area contributed by atoms with Gasteiger partial charge in [0.1, 0.15) is 4.38 Å². The first-order valence-electron chi connectivity index (χ1n) is 5.14. The third-order valence-electron chi connectivity index (χ3n) is 1.93. The zero-order chi connectivity index (χ0) is 13.4. The van der Waals surface area contributed by atoms with Crippen LogP contribution in [0.1, 0.15) is 5.56 Å². The molecule has 0 N–H and O–H groups in total. The van der Waals surface area contributed by atoms with Gasteiger partial charge in [-0.2, -0.15) is 0 Å². The van der Waals surface area contributed by atoms with Gasteiger partial charge in [-0.25, -0.2) is 4.99 Å². The normalized spacial score (nSPS) is 9.33. The molecule has 0 spiro atoms. The maximum atomic E-state index is 6.06. The summed E-state index contributed by atoms with van der Waals surface area (Å²) >= 11 is 9.07. The molecule has 0 radical (unpaired) electrons. The molecular formula is C14H12ClNS2. The highest BCUT2D eigenvalue weighted by atomic mass is 35.5. The summed E-state index contributed by atoms with van der Waals surface area (Å²) in [4.78, 5) is 4.50. The first-order chi connectivity index (χ1) is 8.67. The predicted octanol–water partition coefficient (Wildman–Crippen LogP) is 4.37. The van der Waals surface area contributed by atoms with Gasteiger partial charge >= 0.3 is 0 Å². The fraction of sp³-hybridized carbons (Fsp3) is 0.214. The Balaban J connectivity index is 2.88. The largest absolute Gasteiger partial charge is 0.235 e. The number of hydrogen-bond donors (Lipinski definition) is 0. The summed E-state index contributed by atoms with van der Waals surface area (Å²) in [6.07, 6.45) is 10.5. The molecule has 92 valence electrons. The number of aryl methyl sites for hydroxylation is 1. The first kappa shape index (κ1) is 15.1. The van der Waals surface area contributed by atoms with E-state index in [4.69, 9.17) is 24.4 Å². The summed E-state index contributed by atoms with van der Waals surface area (Å²) in [5.41, 5.74) is 1.85. The Hall–Kier alpha value is -1.00. The minimum Gasteiger partial charge on any atom is -0.235 e. The Morgan fingerprint density at radius 3 is 2.39 bits per heavy atom. The van der Waals surface area contributed by atoms with Gasteiger partial charge in [-0.15, -0.1) is 12.8 Å². The summed E-state index contributed by atoms with van der Waals surface area (Å²) in [5.74, 6) is 6.30. The highest BCUT2D eigenvalue weighted by Crippen LogP contribution is 2.26. The number of terminal acetylenes is 2. The van der Waals surface area contributed by atoms with Gasteiger partial charge < -0.3 is 0 Å². The van der Waals surface area contributed by atoms with Crippen LogP contribution in [0.4, 0.5) is 5.69 Å². The van der Waals surface area contributed by atoms with Crippen LogP contribution in [-0.2, 0) is 0 Å². The van der Waals surface area contributed by atoms with E-state index >= 15 is 0 Å². The zero-order valence-corrected chi connectivity index (χ0v) is 12.3. The van der Waals surface area contributed by atoms with Crippen LogP contribution in [0.3, 0.4) is 0 Å². The lowest BCUT2D eigenvalue weighted by atomic mass is 10.2. The zero-order valence-electron chi connectivity index (χ0n) is 9.94. The molecule has 0 aromatic heterocycles. The van der Waals surface area contributed by atoms with Crippen molar-refractivity contribution in [3.05, 3.63) is 28.8 Å². The lowest BCUT2D eigenvalue weighted by Crippen LogP contribution is -1.88. The van der Waals surface area contributed by atoms with Crippen molar-refractivity contribution in [1.29, 1.82) is 0 Å². The van der Waals surface area contributed by atoms with Crippen molar-refractivity contribution < 1.29 is 0 Å². The number of halogens is 1. The van der Waals surface area contributed by atoms with Crippen LogP contribution in [-0.4, -0.2) is 15.9 Å². The summed E-state index contributed by atoms with van der Waals surface area (Å²) in [6.45, 7) is 1.96. The van der Waals surface area contributed by atoms with E-state index in [0.717, 1.165) is 15.6 Å². The molecule has 0 amide bonds. The molecule has 1 aromatic carbocycles. The SMILES string of the molecule is C#CCSC(=Nc1ccc(C)c(Cl)c1)SCC#C. The van der Waals surface area contributed by atoms with E-state index in [2.05, 4.69) is 16.8 Å². The van der Waals surface area contributed by atoms with Gasteiger partial charge in [-0.1, -0.05) is 53.0 Å². The van der Waals surface area contributed by atoms with E-state index in [1.807, 2.05) is 25.1 Å². The third kappa shape index (κ3) is 5.10. The van der Waals surface area contributed by atoms with Gasteiger partial charge in [0.25, 0.3) is 0 Å². The molecule has 0 bridgehead atoms. The van der Waals surface area contributed by atoms with Crippen LogP contribution < -0.4 is 0 Å². The van der Waals surface area contributed by atoms with Crippen LogP contribution in [0.25, 0.3) is 0 Å². The Bertz CT molecular complexity index is 504. The van der Waals surface area contributed by atoms with E-state index < -0.39 is 0 Å². The van der Waals surface area contributed by atoms with Crippen LogP contribution in [0.5, 0.6) is 0 Å². The highest BCUT2D eigenvalue weighted by molar-refractivity contribution is 8.39. The summed E-state index contributed by atoms with van der Waals surface area (Å²) < 4.78 is 0.866. The van der Waals surface area contributed by atoms with Gasteiger partial charge in [0.15, 0.2) is 0 Å². The van der Waals surface area contributed by atoms with Crippen molar-refractivity contribution in [2.24, 2.45) is 4.99 Å². The number of thioether (sulfide) groups is 2. The fourth-order valence-corrected chi connectivity index (χ4v) is 2.68. The smallest absolute Gasteiger partial charge is 0.132 e. The molecule has 0 fully saturated rings. The number of benzene rings is 1. The fourth-order valence-electron chi connectivity index (χ4n) is 1.07. The van der Waals surface area contributed by atoms with Crippen molar-refractivity contribution in [2.75, 3.05) is 11.5 Å². The van der Waals surface area contributed by atoms with Gasteiger partial charge in [-0.3, -0.25) is 0 Å². The Morgan fingerprint density at radius 2 is 1.89 bits per heavy atom. The second-order valence-corrected chi connectivity index (χ2v) is 5.89. The minimum absolute atomic E-state index is 0.579. The van der Waals surface area contributed by atoms with Gasteiger partial charge in [0.05, 0.1) is 17.2 Å². The van der Waals surface area contributed by atoms with Crippen molar-refractivity contribution >= 4 is 45.2 Å². The molecule has 0 heterocycles. The van der Waals surface area contributed by atoms with Gasteiger partial charge in [0.2, 0.25) is 0 Å². The lowest BCUT2D eigenvalue weighted by Gasteiger charge is -2.03. The summed E-state index contributed by atoms with van der Waals surface area (Å²) in [5, 5.41) is 0.708. The molecule has 0 saturated heterocycles. The average molecular weight is 294 g/mol. The molecular weight excluding hydrogens is 282 g/mol. The van der Waals surface area contributed by atoms with Gasteiger partial charge in [-0.05, 0) is 24.6 Å². The molecule has 0 aliphatic carbocycles. The number of hydrogen-bond acceptors (Lipinski definition) is 3. The number of rotatable bonds is 3. The monoisotopic (exact) mass is 293 g/mol. The van der Waals surface area contributed by atoms with Crippen molar-refractivity contribution in [1.82, 2.24) is 0 Å². The molecule has 0 aliphatic rings. The Kier molecular flexibility index (Phi) is 6.83. The van der Waals surface area contributed by atoms with Crippen molar-refractivity contribution in [2.45, 2.75) is 6.92 Å². The maximum absolute atomic E-state index is 6.06. The van der Waals surface area contributed by atoms with Crippen LogP contribution in [0, 0.1) is 31.6 Å². The molecule has 1 nitrogen and oxygen atoms in total. The maximum Gasteiger partial charge on any atom is 0.132 e. The first-order valence-corrected chi connectivity index (χ1v) is 7.49. The Morgan fingerprint density at radius 1 is 1.28 bits per heavy atom. The van der Waals surface area contributed by atoms with E-state index in [1.54, 1.807) is 0 Å². The Labute approximate surface area is 122 Å². The van der Waals surface area contributed by atoms with E-state index in [1.165, 1.54) is 23.5 Å². The van der Waals surface area contributed by atoms with E-state index in [0.29, 0.717) is 16.5 Å². The predicted molar refractivity (Wildman–Crippen MR) is 85.9 cm³/mol. The number of aliphatic imine (C=N–C) groups is 1. The van der Waals surface area contributed by atoms with Crippen molar-refractivity contribution in [3.8, 4) is 24.7 Å². The highest BCUT2D eigenvalue weighted by Gasteiger charge is 2.02. The van der Waals surface area contributed by atoms with Crippen LogP contribution in [0.2, 0.25) is 5.02 Å². The second kappa shape index (κ2) is 8.16. The molecule has 4 heteroatoms. The van der Waals surface area contributed by atoms with E-state index in [9.17, 15) is 0 Å². The molecule has 0 saturated carbocycles. The summed E-state index contributed by atoms with van der Waals surface area (Å²) in [6, 6.07) is 5.70. The quantitative estimate of drug-likeness (QED) is 0.466. The average Bonchev–Trinajstić information content (AvgIpc) is 2.37. The molecule has 1 aromatic rings. The molecule has 1 rings (SSSR count). The molecule has 0 aliphatic heterocycles. The topological polar surface area (TPSA) is 12.4 Å². The number of nitrogens with zero attached hydrogens (tertiary/aromatic N) is 1. The summed E-state index contributed by atoms with van der Waals surface area (Å²) in [7, 11) is 0. The third-order valence-corrected chi connectivity index (χ3v) is 4.35. The standard InChI is InChI=1S/C14H12ClNS2/c1-4-8-17-14(18-9-5-2)16-12-7-6-11(3)13(15)10-12/h1-2,6-7,10H,8-9H2,3H3. The minimum atomic E-state index is 0.579. The molecule has 0 atom stereocenters. The van der Waals surface area contributed by atoms with E-state index in [-0.39, 0.29) is 0 Å². The second-order valence-electron chi connectivity index (χ2n) is 3.30. The van der Waals surface area contributed by atoms with Crippen LogP contribution in [0.15, 0.2) is 23.2 Å². The molecule has 0 unspecified atom stereocenters. The molecule has 18 heavy (non-hydrogen) atoms. The van der Waals surface area contributed by atoms with Crippen molar-refractivity contribution in [3.63, 3.8) is 0 Å². The van der Waals surface area contributed by atoms with Crippen LogP contribution >= 0.6 is 35.1 Å².